The predicted molar refractivity (Wildman–Crippen MR) is 139 cm³/mol. The van der Waals surface area contributed by atoms with Crippen LogP contribution < -0.4 is 9.08 Å². The first-order chi connectivity index (χ1) is 17.8. The molecule has 38 heavy (non-hydrogen) atoms. The zero-order valence-corrected chi connectivity index (χ0v) is 21.8. The van der Waals surface area contributed by atoms with Crippen molar-refractivity contribution in [3.8, 4) is 17.1 Å². The molecule has 0 aliphatic heterocycles. The minimum Gasteiger partial charge on any atom is -0.376 e. The van der Waals surface area contributed by atoms with Crippen LogP contribution in [0.25, 0.3) is 32.6 Å². The molecule has 0 saturated heterocycles. The van der Waals surface area contributed by atoms with Gasteiger partial charge in [0.15, 0.2) is 0 Å². The van der Waals surface area contributed by atoms with E-state index in [2.05, 4.69) is 19.1 Å². The quantitative estimate of drug-likeness (QED) is 0.210. The summed E-state index contributed by atoms with van der Waals surface area (Å²) in [5.41, 5.74) is 0.739. The van der Waals surface area contributed by atoms with E-state index < -0.39 is 21.4 Å². The van der Waals surface area contributed by atoms with Crippen LogP contribution in [0, 0.1) is 13.8 Å². The first-order valence-corrected chi connectivity index (χ1v) is 13.4. The van der Waals surface area contributed by atoms with Gasteiger partial charge in [-0.05, 0) is 73.5 Å². The van der Waals surface area contributed by atoms with Crippen molar-refractivity contribution in [2.75, 3.05) is 11.9 Å². The topological polar surface area (TPSA) is 105 Å². The number of aryl methyl sites for hydroxylation is 2. The molecular weight excluding hydrogens is 541 g/mol. The number of thiazole rings is 1. The van der Waals surface area contributed by atoms with Crippen LogP contribution in [0.3, 0.4) is 0 Å². The number of nitrogens with one attached hydrogen (secondary N) is 1. The summed E-state index contributed by atoms with van der Waals surface area (Å²) in [5.74, 6) is -0.284. The van der Waals surface area contributed by atoms with Gasteiger partial charge in [-0.2, -0.15) is 21.6 Å². The summed E-state index contributed by atoms with van der Waals surface area (Å²) < 4.78 is 66.2. The minimum atomic E-state index is -5.79. The van der Waals surface area contributed by atoms with Gasteiger partial charge in [-0.15, -0.1) is 11.3 Å². The van der Waals surface area contributed by atoms with Gasteiger partial charge in [-0.3, -0.25) is 4.79 Å². The second-order valence-electron chi connectivity index (χ2n) is 8.60. The normalized spacial score (nSPS) is 12.3. The van der Waals surface area contributed by atoms with Crippen molar-refractivity contribution in [1.82, 2.24) is 15.0 Å². The van der Waals surface area contributed by atoms with Crippen LogP contribution in [-0.2, 0) is 10.1 Å². The number of imidazole rings is 1. The number of halogens is 3. The Morgan fingerprint density at radius 1 is 1.03 bits per heavy atom. The molecule has 1 N–H and O–H groups in total. The molecule has 0 aliphatic rings. The molecule has 0 aliphatic carbocycles. The van der Waals surface area contributed by atoms with Gasteiger partial charge in [0, 0.05) is 23.9 Å². The highest BCUT2D eigenvalue weighted by Gasteiger charge is 2.48. The van der Waals surface area contributed by atoms with Crippen LogP contribution in [-0.4, -0.2) is 41.8 Å². The Morgan fingerprint density at radius 3 is 2.42 bits per heavy atom. The molecule has 13 heteroatoms. The third kappa shape index (κ3) is 4.58. The second kappa shape index (κ2) is 9.10. The van der Waals surface area contributed by atoms with E-state index in [0.717, 1.165) is 10.2 Å². The summed E-state index contributed by atoms with van der Waals surface area (Å²) >= 11 is 1.52. The third-order valence-electron chi connectivity index (χ3n) is 5.97. The van der Waals surface area contributed by atoms with Gasteiger partial charge < -0.3 is 14.1 Å². The lowest BCUT2D eigenvalue weighted by atomic mass is 10.0. The maximum absolute atomic E-state index is 13.2. The zero-order chi connectivity index (χ0) is 27.4. The Hall–Kier alpha value is -3.97. The van der Waals surface area contributed by atoms with Crippen LogP contribution in [0.5, 0.6) is 5.75 Å². The molecule has 1 amide bonds. The maximum atomic E-state index is 13.2. The molecule has 0 radical (unpaired) electrons. The van der Waals surface area contributed by atoms with Crippen LogP contribution in [0.4, 0.5) is 18.9 Å². The van der Waals surface area contributed by atoms with E-state index in [1.807, 2.05) is 18.2 Å². The lowest BCUT2D eigenvalue weighted by Crippen LogP contribution is -2.28. The fraction of sp³-hybridized carbons (Fsp3) is 0.160. The van der Waals surface area contributed by atoms with Gasteiger partial charge in [0.25, 0.3) is 5.91 Å². The largest absolute Gasteiger partial charge is 0.534 e. The Bertz CT molecular complexity index is 1800. The number of alkyl halides is 3. The molecule has 5 rings (SSSR count). The van der Waals surface area contributed by atoms with E-state index in [-0.39, 0.29) is 5.91 Å². The number of carbonyl (C=O) groups is 1. The number of amides is 1. The summed E-state index contributed by atoms with van der Waals surface area (Å²) in [6, 6.07) is 13.0. The van der Waals surface area contributed by atoms with Crippen molar-refractivity contribution in [3.05, 3.63) is 70.7 Å². The highest BCUT2D eigenvalue weighted by molar-refractivity contribution is 7.88. The van der Waals surface area contributed by atoms with Crippen molar-refractivity contribution < 1.29 is 30.6 Å². The number of rotatable bonds is 5. The SMILES string of the molecule is Cc1cc(OS(=O)(=O)C(F)(F)F)cc(C)c1-c1nc2ccc(C(=O)N(C)c3ccc4scnc4c3)cc2[nH]1. The molecular formula is C25H19F3N4O4S2. The molecule has 0 saturated carbocycles. The molecule has 2 aromatic heterocycles. The molecule has 2 heterocycles. The van der Waals surface area contributed by atoms with E-state index in [1.165, 1.54) is 28.4 Å². The highest BCUT2D eigenvalue weighted by Crippen LogP contribution is 2.34. The van der Waals surface area contributed by atoms with Crippen molar-refractivity contribution in [1.29, 1.82) is 0 Å². The molecule has 8 nitrogen and oxygen atoms in total. The lowest BCUT2D eigenvalue weighted by molar-refractivity contribution is -0.0500. The van der Waals surface area contributed by atoms with Crippen molar-refractivity contribution in [3.63, 3.8) is 0 Å². The number of hydrogen-bond donors (Lipinski definition) is 1. The number of H-pyrrole nitrogens is 1. The summed E-state index contributed by atoms with van der Waals surface area (Å²) in [7, 11) is -4.12. The van der Waals surface area contributed by atoms with Gasteiger partial charge in [0.1, 0.15) is 11.6 Å². The molecule has 0 atom stereocenters. The Morgan fingerprint density at radius 2 is 1.74 bits per heavy atom. The lowest BCUT2D eigenvalue weighted by Gasteiger charge is -2.17. The van der Waals surface area contributed by atoms with E-state index in [0.29, 0.717) is 44.8 Å². The number of hydrogen-bond acceptors (Lipinski definition) is 7. The number of aromatic amines is 1. The fourth-order valence-corrected chi connectivity index (χ4v) is 5.25. The Labute approximate surface area is 218 Å². The molecule has 5 aromatic rings. The fourth-order valence-electron chi connectivity index (χ4n) is 4.15. The van der Waals surface area contributed by atoms with Crippen molar-refractivity contribution in [2.45, 2.75) is 19.4 Å². The molecule has 0 spiro atoms. The Kier molecular flexibility index (Phi) is 6.15. The van der Waals surface area contributed by atoms with E-state index in [4.69, 9.17) is 0 Å². The summed E-state index contributed by atoms with van der Waals surface area (Å²) in [4.78, 5) is 26.7. The number of carbonyl (C=O) groups excluding carboxylic acids is 1. The molecule has 196 valence electrons. The summed E-state index contributed by atoms with van der Waals surface area (Å²) in [6.07, 6.45) is 0. The smallest absolute Gasteiger partial charge is 0.376 e. The molecule has 0 bridgehead atoms. The van der Waals surface area contributed by atoms with Gasteiger partial charge in [0.2, 0.25) is 0 Å². The minimum absolute atomic E-state index is 0.239. The van der Waals surface area contributed by atoms with Crippen molar-refractivity contribution in [2.24, 2.45) is 0 Å². The van der Waals surface area contributed by atoms with Crippen LogP contribution >= 0.6 is 11.3 Å². The number of fused-ring (bicyclic) bond motifs is 2. The number of aromatic nitrogens is 3. The number of benzene rings is 3. The van der Waals surface area contributed by atoms with Gasteiger partial charge in [0.05, 0.1) is 26.8 Å². The van der Waals surface area contributed by atoms with E-state index in [1.54, 1.807) is 44.6 Å². The highest BCUT2D eigenvalue weighted by atomic mass is 32.2. The Balaban J connectivity index is 1.44. The van der Waals surface area contributed by atoms with E-state index >= 15 is 0 Å². The average molecular weight is 561 g/mol. The molecule has 3 aromatic carbocycles. The number of nitrogens with zero attached hydrogens (tertiary/aromatic N) is 3. The second-order valence-corrected chi connectivity index (χ2v) is 11.0. The van der Waals surface area contributed by atoms with E-state index in [9.17, 15) is 26.4 Å². The monoisotopic (exact) mass is 560 g/mol. The van der Waals surface area contributed by atoms with Gasteiger partial charge in [-0.25, -0.2) is 9.97 Å². The summed E-state index contributed by atoms with van der Waals surface area (Å²) in [6.45, 7) is 3.21. The molecule has 0 fully saturated rings. The van der Waals surface area contributed by atoms with Gasteiger partial charge in [-0.1, -0.05) is 0 Å². The standard InChI is InChI=1S/C25H19F3N4O4S2/c1-13-8-17(36-38(34,35)25(26,27)28)9-14(2)22(13)23-30-18-6-4-15(10-19(18)31-23)24(33)32(3)16-5-7-21-20(11-16)29-12-37-21/h4-12H,1-3H3,(H,30,31). The number of anilines is 1. The van der Waals surface area contributed by atoms with Crippen LogP contribution in [0.15, 0.2) is 54.0 Å². The zero-order valence-electron chi connectivity index (χ0n) is 20.1. The van der Waals surface area contributed by atoms with Crippen LogP contribution in [0.2, 0.25) is 0 Å². The first-order valence-electron chi connectivity index (χ1n) is 11.1. The van der Waals surface area contributed by atoms with Gasteiger partial charge >= 0.3 is 15.6 Å². The third-order valence-corrected chi connectivity index (χ3v) is 7.76. The average Bonchev–Trinajstić information content (AvgIpc) is 3.47. The maximum Gasteiger partial charge on any atom is 0.534 e. The molecule has 0 unspecified atom stereocenters. The van der Waals surface area contributed by atoms with Crippen LogP contribution in [0.1, 0.15) is 21.5 Å². The predicted octanol–water partition coefficient (Wildman–Crippen LogP) is 5.96. The van der Waals surface area contributed by atoms with Crippen molar-refractivity contribution >= 4 is 54.3 Å². The summed E-state index contributed by atoms with van der Waals surface area (Å²) in [5, 5.41) is 0. The first kappa shape index (κ1) is 25.7.